The van der Waals surface area contributed by atoms with Crippen LogP contribution in [0.4, 0.5) is 0 Å². The second-order valence-electron chi connectivity index (χ2n) is 4.70. The molecule has 0 saturated carbocycles. The van der Waals surface area contributed by atoms with E-state index in [1.54, 1.807) is 0 Å². The molecule has 82 valence electrons. The first-order valence-corrected chi connectivity index (χ1v) is 5.23. The van der Waals surface area contributed by atoms with Crippen molar-refractivity contribution in [3.63, 3.8) is 0 Å². The standard InChI is InChI=1S/C10H21N3O/c1-10(2)5-3-6-13(10)7-4-8(11)9(12)14/h8H,3-7,11H2,1-2H3,(H2,12,14). The Morgan fingerprint density at radius 1 is 1.57 bits per heavy atom. The summed E-state index contributed by atoms with van der Waals surface area (Å²) < 4.78 is 0. The number of carbonyl (C=O) groups excluding carboxylic acids is 1. The molecule has 0 aromatic carbocycles. The van der Waals surface area contributed by atoms with E-state index in [4.69, 9.17) is 11.5 Å². The fourth-order valence-corrected chi connectivity index (χ4v) is 2.01. The molecule has 1 atom stereocenters. The Bertz CT molecular complexity index is 215. The van der Waals surface area contributed by atoms with E-state index in [1.165, 1.54) is 12.8 Å². The number of nitrogens with zero attached hydrogens (tertiary/aromatic N) is 1. The molecule has 4 N–H and O–H groups in total. The number of rotatable bonds is 4. The zero-order valence-electron chi connectivity index (χ0n) is 9.12. The molecule has 0 radical (unpaired) electrons. The SMILES string of the molecule is CC1(C)CCCN1CCC(N)C(N)=O. The van der Waals surface area contributed by atoms with Gasteiger partial charge in [-0.15, -0.1) is 0 Å². The monoisotopic (exact) mass is 199 g/mol. The van der Waals surface area contributed by atoms with E-state index in [2.05, 4.69) is 18.7 Å². The van der Waals surface area contributed by atoms with Crippen molar-refractivity contribution in [3.8, 4) is 0 Å². The Morgan fingerprint density at radius 3 is 2.64 bits per heavy atom. The van der Waals surface area contributed by atoms with Crippen LogP contribution in [0.25, 0.3) is 0 Å². The summed E-state index contributed by atoms with van der Waals surface area (Å²) in [5.74, 6) is -0.401. The molecular weight excluding hydrogens is 178 g/mol. The lowest BCUT2D eigenvalue weighted by atomic mass is 10.0. The summed E-state index contributed by atoms with van der Waals surface area (Å²) >= 11 is 0. The van der Waals surface area contributed by atoms with E-state index in [9.17, 15) is 4.79 Å². The van der Waals surface area contributed by atoms with Crippen molar-refractivity contribution >= 4 is 5.91 Å². The highest BCUT2D eigenvalue weighted by molar-refractivity contribution is 5.79. The van der Waals surface area contributed by atoms with Crippen LogP contribution in [0.3, 0.4) is 0 Å². The van der Waals surface area contributed by atoms with E-state index in [1.807, 2.05) is 0 Å². The van der Waals surface area contributed by atoms with Gasteiger partial charge in [0.05, 0.1) is 6.04 Å². The summed E-state index contributed by atoms with van der Waals surface area (Å²) in [5, 5.41) is 0. The predicted molar refractivity (Wildman–Crippen MR) is 56.7 cm³/mol. The second kappa shape index (κ2) is 4.28. The van der Waals surface area contributed by atoms with Crippen LogP contribution in [-0.2, 0) is 4.79 Å². The zero-order chi connectivity index (χ0) is 10.8. The zero-order valence-corrected chi connectivity index (χ0v) is 9.12. The largest absolute Gasteiger partial charge is 0.368 e. The van der Waals surface area contributed by atoms with Crippen LogP contribution in [0.15, 0.2) is 0 Å². The van der Waals surface area contributed by atoms with Crippen molar-refractivity contribution in [3.05, 3.63) is 0 Å². The summed E-state index contributed by atoms with van der Waals surface area (Å²) in [5.41, 5.74) is 10.9. The lowest BCUT2D eigenvalue weighted by Gasteiger charge is -2.31. The molecule has 0 aliphatic carbocycles. The van der Waals surface area contributed by atoms with E-state index < -0.39 is 11.9 Å². The van der Waals surface area contributed by atoms with Crippen LogP contribution < -0.4 is 11.5 Å². The van der Waals surface area contributed by atoms with E-state index in [-0.39, 0.29) is 5.54 Å². The third-order valence-corrected chi connectivity index (χ3v) is 3.15. The van der Waals surface area contributed by atoms with Gasteiger partial charge in [0.15, 0.2) is 0 Å². The first-order valence-electron chi connectivity index (χ1n) is 5.23. The minimum absolute atomic E-state index is 0.261. The smallest absolute Gasteiger partial charge is 0.234 e. The van der Waals surface area contributed by atoms with E-state index >= 15 is 0 Å². The summed E-state index contributed by atoms with van der Waals surface area (Å²) in [6.45, 7) is 6.45. The molecule has 0 bridgehead atoms. The van der Waals surface area contributed by atoms with Gasteiger partial charge in [-0.25, -0.2) is 0 Å². The van der Waals surface area contributed by atoms with Gasteiger partial charge in [-0.2, -0.15) is 0 Å². The highest BCUT2D eigenvalue weighted by Crippen LogP contribution is 2.27. The third kappa shape index (κ3) is 2.69. The lowest BCUT2D eigenvalue weighted by Crippen LogP contribution is -2.43. The lowest BCUT2D eigenvalue weighted by molar-refractivity contribution is -0.119. The average molecular weight is 199 g/mol. The van der Waals surface area contributed by atoms with Crippen LogP contribution in [0.1, 0.15) is 33.1 Å². The number of amides is 1. The molecule has 4 nitrogen and oxygen atoms in total. The minimum atomic E-state index is -0.494. The van der Waals surface area contributed by atoms with Gasteiger partial charge in [-0.1, -0.05) is 0 Å². The molecule has 0 aromatic heterocycles. The van der Waals surface area contributed by atoms with Gasteiger partial charge in [-0.3, -0.25) is 9.69 Å². The Balaban J connectivity index is 2.34. The van der Waals surface area contributed by atoms with Crippen molar-refractivity contribution in [1.29, 1.82) is 0 Å². The molecule has 1 saturated heterocycles. The first kappa shape index (κ1) is 11.5. The average Bonchev–Trinajstić information content (AvgIpc) is 2.40. The molecule has 0 spiro atoms. The van der Waals surface area contributed by atoms with Gasteiger partial charge in [0.2, 0.25) is 5.91 Å². The molecule has 1 heterocycles. The molecule has 4 heteroatoms. The highest BCUT2D eigenvalue weighted by atomic mass is 16.1. The fraction of sp³-hybridized carbons (Fsp3) is 0.900. The quantitative estimate of drug-likeness (QED) is 0.672. The molecule has 1 unspecified atom stereocenters. The maximum atomic E-state index is 10.7. The van der Waals surface area contributed by atoms with Gasteiger partial charge in [-0.05, 0) is 39.7 Å². The van der Waals surface area contributed by atoms with Crippen LogP contribution in [0, 0.1) is 0 Å². The third-order valence-electron chi connectivity index (χ3n) is 3.15. The summed E-state index contributed by atoms with van der Waals surface area (Å²) in [6.07, 6.45) is 3.12. The Hall–Kier alpha value is -0.610. The van der Waals surface area contributed by atoms with Crippen molar-refractivity contribution in [2.45, 2.75) is 44.7 Å². The van der Waals surface area contributed by atoms with E-state index in [0.29, 0.717) is 6.42 Å². The van der Waals surface area contributed by atoms with Crippen molar-refractivity contribution in [1.82, 2.24) is 4.90 Å². The molecule has 0 aromatic rings. The Morgan fingerprint density at radius 2 is 2.21 bits per heavy atom. The molecular formula is C10H21N3O. The number of carbonyl (C=O) groups is 1. The normalized spacial score (nSPS) is 23.6. The predicted octanol–water partition coefficient (Wildman–Crippen LogP) is 0.0635. The second-order valence-corrected chi connectivity index (χ2v) is 4.70. The Labute approximate surface area is 85.6 Å². The van der Waals surface area contributed by atoms with Gasteiger partial charge in [0, 0.05) is 12.1 Å². The van der Waals surface area contributed by atoms with Crippen LogP contribution in [-0.4, -0.2) is 35.5 Å². The van der Waals surface area contributed by atoms with Crippen LogP contribution >= 0.6 is 0 Å². The highest BCUT2D eigenvalue weighted by Gasteiger charge is 2.31. The van der Waals surface area contributed by atoms with Crippen molar-refractivity contribution in [2.24, 2.45) is 11.5 Å². The molecule has 1 fully saturated rings. The number of nitrogens with two attached hydrogens (primary N) is 2. The summed E-state index contributed by atoms with van der Waals surface area (Å²) in [6, 6.07) is -0.494. The van der Waals surface area contributed by atoms with Crippen LogP contribution in [0.5, 0.6) is 0 Å². The molecule has 14 heavy (non-hydrogen) atoms. The first-order chi connectivity index (χ1) is 6.43. The Kier molecular flexibility index (Phi) is 3.50. The van der Waals surface area contributed by atoms with Crippen LogP contribution in [0.2, 0.25) is 0 Å². The van der Waals surface area contributed by atoms with Gasteiger partial charge in [0.25, 0.3) is 0 Å². The maximum absolute atomic E-state index is 10.7. The van der Waals surface area contributed by atoms with Crippen molar-refractivity contribution in [2.75, 3.05) is 13.1 Å². The minimum Gasteiger partial charge on any atom is -0.368 e. The van der Waals surface area contributed by atoms with Gasteiger partial charge < -0.3 is 11.5 Å². The topological polar surface area (TPSA) is 72.3 Å². The number of primary amides is 1. The number of hydrogen-bond donors (Lipinski definition) is 2. The maximum Gasteiger partial charge on any atom is 0.234 e. The fourth-order valence-electron chi connectivity index (χ4n) is 2.01. The molecule has 1 amide bonds. The molecule has 1 rings (SSSR count). The molecule has 1 aliphatic rings. The van der Waals surface area contributed by atoms with E-state index in [0.717, 1.165) is 13.1 Å². The van der Waals surface area contributed by atoms with Gasteiger partial charge in [0.1, 0.15) is 0 Å². The van der Waals surface area contributed by atoms with Crippen molar-refractivity contribution < 1.29 is 4.79 Å². The molecule has 1 aliphatic heterocycles. The number of likely N-dealkylation sites (tertiary alicyclic amines) is 1. The summed E-state index contributed by atoms with van der Waals surface area (Å²) in [4.78, 5) is 13.1. The number of hydrogen-bond acceptors (Lipinski definition) is 3. The van der Waals surface area contributed by atoms with Gasteiger partial charge >= 0.3 is 0 Å². The summed E-state index contributed by atoms with van der Waals surface area (Å²) in [7, 11) is 0.